The Balaban J connectivity index is 1.73. The van der Waals surface area contributed by atoms with E-state index in [0.29, 0.717) is 17.9 Å². The third-order valence-electron chi connectivity index (χ3n) is 4.48. The monoisotopic (exact) mass is 428 g/mol. The lowest BCUT2D eigenvalue weighted by atomic mass is 10.0. The van der Waals surface area contributed by atoms with Crippen LogP contribution in [0.15, 0.2) is 83.9 Å². The number of hydrazine groups is 1. The Hall–Kier alpha value is -4.23. The van der Waals surface area contributed by atoms with Gasteiger partial charge in [-0.25, -0.2) is 15.6 Å². The highest BCUT2D eigenvalue weighted by Gasteiger charge is 2.10. The summed E-state index contributed by atoms with van der Waals surface area (Å²) in [6, 6.07) is 22.1. The first-order valence-electron chi connectivity index (χ1n) is 10.0. The number of para-hydroxylation sites is 1. The molecule has 0 aliphatic heterocycles. The maximum Gasteiger partial charge on any atom is 0.330 e. The Kier molecular flexibility index (Phi) is 7.89. The molecule has 0 radical (unpaired) electrons. The van der Waals surface area contributed by atoms with Gasteiger partial charge in [-0.1, -0.05) is 42.5 Å². The van der Waals surface area contributed by atoms with Gasteiger partial charge in [0.05, 0.1) is 12.3 Å². The molecule has 0 atom stereocenters. The molecule has 0 aromatic heterocycles. The van der Waals surface area contributed by atoms with Crippen molar-refractivity contribution in [2.24, 2.45) is 10.8 Å². The average molecular weight is 428 g/mol. The zero-order valence-electron chi connectivity index (χ0n) is 17.6. The molecule has 0 bridgehead atoms. The molecule has 0 aliphatic carbocycles. The second kappa shape index (κ2) is 11.2. The van der Waals surface area contributed by atoms with E-state index >= 15 is 0 Å². The number of carbonyl (C=O) groups is 2. The summed E-state index contributed by atoms with van der Waals surface area (Å²) in [4.78, 5) is 28.5. The van der Waals surface area contributed by atoms with Gasteiger partial charge in [-0.2, -0.15) is 0 Å². The average Bonchev–Trinajstić information content (AvgIpc) is 2.83. The number of anilines is 1. The zero-order valence-corrected chi connectivity index (χ0v) is 17.6. The summed E-state index contributed by atoms with van der Waals surface area (Å²) in [5, 5.41) is 2.89. The van der Waals surface area contributed by atoms with Crippen LogP contribution in [-0.4, -0.2) is 24.8 Å². The van der Waals surface area contributed by atoms with Gasteiger partial charge in [-0.05, 0) is 54.5 Å². The molecule has 3 rings (SSSR count). The Labute approximate surface area is 186 Å². The fourth-order valence-electron chi connectivity index (χ4n) is 3.00. The number of amides is 1. The molecule has 0 heterocycles. The van der Waals surface area contributed by atoms with Gasteiger partial charge in [-0.15, -0.1) is 0 Å². The third-order valence-corrected chi connectivity index (χ3v) is 4.48. The fraction of sp³-hybridized carbons (Fsp3) is 0.0800. The molecule has 1 amide bonds. The first kappa shape index (κ1) is 22.5. The molecule has 3 aromatic rings. The molecular weight excluding hydrogens is 404 g/mol. The van der Waals surface area contributed by atoms with Gasteiger partial charge in [0.15, 0.2) is 0 Å². The van der Waals surface area contributed by atoms with Crippen LogP contribution in [0.25, 0.3) is 17.2 Å². The SMILES string of the molecule is CCOC(=O)C=Cc1ccc(NC(=O)c2cccc(-c3ccccc3N=CNN)c2)cc1. The maximum atomic E-state index is 12.8. The molecule has 4 N–H and O–H groups in total. The van der Waals surface area contributed by atoms with E-state index in [4.69, 9.17) is 10.6 Å². The summed E-state index contributed by atoms with van der Waals surface area (Å²) in [5.74, 6) is 4.65. The van der Waals surface area contributed by atoms with Crippen molar-refractivity contribution in [3.63, 3.8) is 0 Å². The van der Waals surface area contributed by atoms with Gasteiger partial charge >= 0.3 is 5.97 Å². The normalized spacial score (nSPS) is 10.9. The number of ether oxygens (including phenoxy) is 1. The van der Waals surface area contributed by atoms with Gasteiger partial charge in [0, 0.05) is 22.9 Å². The number of benzene rings is 3. The smallest absolute Gasteiger partial charge is 0.330 e. The number of hydrogen-bond donors (Lipinski definition) is 3. The molecule has 7 nitrogen and oxygen atoms in total. The molecule has 0 aliphatic rings. The molecule has 7 heteroatoms. The Morgan fingerprint density at radius 2 is 1.81 bits per heavy atom. The summed E-state index contributed by atoms with van der Waals surface area (Å²) in [7, 11) is 0. The first-order valence-corrected chi connectivity index (χ1v) is 10.0. The highest BCUT2D eigenvalue weighted by Crippen LogP contribution is 2.30. The second-order valence-corrected chi connectivity index (χ2v) is 6.68. The van der Waals surface area contributed by atoms with Crippen molar-refractivity contribution in [2.45, 2.75) is 6.92 Å². The van der Waals surface area contributed by atoms with Gasteiger partial charge < -0.3 is 15.5 Å². The number of nitrogens with two attached hydrogens (primary N) is 1. The van der Waals surface area contributed by atoms with Crippen molar-refractivity contribution in [1.29, 1.82) is 0 Å². The summed E-state index contributed by atoms with van der Waals surface area (Å²) >= 11 is 0. The minimum Gasteiger partial charge on any atom is -0.463 e. The van der Waals surface area contributed by atoms with E-state index in [2.05, 4.69) is 15.7 Å². The van der Waals surface area contributed by atoms with Crippen LogP contribution in [0, 0.1) is 0 Å². The van der Waals surface area contributed by atoms with E-state index in [-0.39, 0.29) is 5.91 Å². The highest BCUT2D eigenvalue weighted by molar-refractivity contribution is 6.05. The van der Waals surface area contributed by atoms with Crippen molar-refractivity contribution in [3.05, 3.63) is 90.0 Å². The molecule has 0 saturated heterocycles. The molecule has 162 valence electrons. The van der Waals surface area contributed by atoms with Crippen LogP contribution in [0.5, 0.6) is 0 Å². The quantitative estimate of drug-likeness (QED) is 0.124. The van der Waals surface area contributed by atoms with Crippen LogP contribution in [0.4, 0.5) is 11.4 Å². The molecule has 0 saturated carbocycles. The number of nitrogens with zero attached hydrogens (tertiary/aromatic N) is 1. The van der Waals surface area contributed by atoms with Crippen molar-refractivity contribution in [3.8, 4) is 11.1 Å². The Bertz CT molecular complexity index is 1140. The van der Waals surface area contributed by atoms with E-state index in [9.17, 15) is 9.59 Å². The molecule has 0 unspecified atom stereocenters. The third kappa shape index (κ3) is 6.13. The fourth-order valence-corrected chi connectivity index (χ4v) is 3.00. The van der Waals surface area contributed by atoms with E-state index in [1.807, 2.05) is 54.6 Å². The highest BCUT2D eigenvalue weighted by atomic mass is 16.5. The summed E-state index contributed by atoms with van der Waals surface area (Å²) < 4.78 is 4.86. The Morgan fingerprint density at radius 1 is 1.03 bits per heavy atom. The Morgan fingerprint density at radius 3 is 2.56 bits per heavy atom. The molecule has 0 fully saturated rings. The van der Waals surface area contributed by atoms with E-state index in [0.717, 1.165) is 22.4 Å². The number of carbonyl (C=O) groups excluding carboxylic acids is 2. The van der Waals surface area contributed by atoms with Crippen LogP contribution in [0.3, 0.4) is 0 Å². The minimum atomic E-state index is -0.392. The summed E-state index contributed by atoms with van der Waals surface area (Å²) in [6.07, 6.45) is 4.43. The molecule has 0 spiro atoms. The molecule has 3 aromatic carbocycles. The number of nitrogens with one attached hydrogen (secondary N) is 2. The van der Waals surface area contributed by atoms with Crippen molar-refractivity contribution >= 4 is 35.7 Å². The van der Waals surface area contributed by atoms with Crippen LogP contribution >= 0.6 is 0 Å². The number of aliphatic imine (C=N–C) groups is 1. The topological polar surface area (TPSA) is 106 Å². The minimum absolute atomic E-state index is 0.230. The van der Waals surface area contributed by atoms with E-state index in [1.54, 1.807) is 31.2 Å². The summed E-state index contributed by atoms with van der Waals surface area (Å²) in [5.41, 5.74) is 6.85. The van der Waals surface area contributed by atoms with Gasteiger partial charge in [-0.3, -0.25) is 4.79 Å². The number of esters is 1. The standard InChI is InChI=1S/C25H24N4O3/c1-2-32-24(30)15-12-18-10-13-21(14-11-18)29-25(31)20-7-5-6-19(16-20)22-8-3-4-9-23(22)27-17-28-26/h3-17H,2,26H2,1H3,(H,27,28)(H,29,31). The van der Waals surface area contributed by atoms with Gasteiger partial charge in [0.1, 0.15) is 6.34 Å². The van der Waals surface area contributed by atoms with Crippen molar-refractivity contribution in [1.82, 2.24) is 5.43 Å². The lowest BCUT2D eigenvalue weighted by Crippen LogP contribution is -2.18. The van der Waals surface area contributed by atoms with Crippen LogP contribution in [0.2, 0.25) is 0 Å². The van der Waals surface area contributed by atoms with Crippen LogP contribution in [-0.2, 0) is 9.53 Å². The molecule has 32 heavy (non-hydrogen) atoms. The van der Waals surface area contributed by atoms with Crippen molar-refractivity contribution < 1.29 is 14.3 Å². The number of rotatable bonds is 8. The summed E-state index contributed by atoms with van der Waals surface area (Å²) in [6.45, 7) is 2.09. The second-order valence-electron chi connectivity index (χ2n) is 6.68. The molecular formula is C25H24N4O3. The largest absolute Gasteiger partial charge is 0.463 e. The van der Waals surface area contributed by atoms with Crippen molar-refractivity contribution in [2.75, 3.05) is 11.9 Å². The predicted octanol–water partition coefficient (Wildman–Crippen LogP) is 4.31. The zero-order chi connectivity index (χ0) is 22.8. The van der Waals surface area contributed by atoms with Gasteiger partial charge in [0.2, 0.25) is 0 Å². The van der Waals surface area contributed by atoms with Gasteiger partial charge in [0.25, 0.3) is 5.91 Å². The lowest BCUT2D eigenvalue weighted by Gasteiger charge is -2.09. The predicted molar refractivity (Wildman–Crippen MR) is 127 cm³/mol. The van der Waals surface area contributed by atoms with Crippen LogP contribution < -0.4 is 16.6 Å². The van der Waals surface area contributed by atoms with E-state index < -0.39 is 5.97 Å². The lowest BCUT2D eigenvalue weighted by molar-refractivity contribution is -0.137. The first-order chi connectivity index (χ1) is 15.6. The van der Waals surface area contributed by atoms with E-state index in [1.165, 1.54) is 12.4 Å². The number of hydrogen-bond acceptors (Lipinski definition) is 5. The maximum absolute atomic E-state index is 12.8. The van der Waals surface area contributed by atoms with Crippen LogP contribution in [0.1, 0.15) is 22.8 Å².